The highest BCUT2D eigenvalue weighted by molar-refractivity contribution is 5.78. The second kappa shape index (κ2) is 11.7. The van der Waals surface area contributed by atoms with Gasteiger partial charge in [-0.25, -0.2) is 4.79 Å². The number of carbonyl (C=O) groups excluding carboxylic acids is 1. The lowest BCUT2D eigenvalue weighted by atomic mass is 10.2. The molecule has 1 aliphatic heterocycles. The minimum atomic E-state index is -5.08. The molecule has 0 radical (unpaired) electrons. The molecule has 2 heterocycles. The maximum absolute atomic E-state index is 12.3. The molecule has 0 aliphatic carbocycles. The number of aromatic nitrogens is 1. The average Bonchev–Trinajstić information content (AvgIpc) is 2.85. The molecule has 1 fully saturated rings. The summed E-state index contributed by atoms with van der Waals surface area (Å²) in [6.45, 7) is 8.79. The third kappa shape index (κ3) is 9.20. The molecule has 1 N–H and O–H groups in total. The molecular weight excluding hydrogens is 379 g/mol. The molecule has 1 aromatic heterocycles. The summed E-state index contributed by atoms with van der Waals surface area (Å²) in [6.07, 6.45) is 0.499. The number of aryl methyl sites for hydroxylation is 1. The topological polar surface area (TPSA) is 86.9 Å². The molecule has 2 rings (SSSR count). The second-order valence-electron chi connectivity index (χ2n) is 6.64. The van der Waals surface area contributed by atoms with Crippen LogP contribution in [0.15, 0.2) is 10.6 Å². The summed E-state index contributed by atoms with van der Waals surface area (Å²) in [5.41, 5.74) is 0.824. The number of alkyl halides is 3. The molecule has 7 nitrogen and oxygen atoms in total. The molecule has 1 aliphatic rings. The second-order valence-corrected chi connectivity index (χ2v) is 6.64. The van der Waals surface area contributed by atoms with Crippen molar-refractivity contribution in [3.63, 3.8) is 0 Å². The first-order valence-corrected chi connectivity index (χ1v) is 9.36. The maximum Gasteiger partial charge on any atom is 0.490 e. The van der Waals surface area contributed by atoms with Crippen LogP contribution in [0.25, 0.3) is 0 Å². The summed E-state index contributed by atoms with van der Waals surface area (Å²) in [5.74, 6) is -1.97. The molecule has 10 heteroatoms. The average molecular weight is 407 g/mol. The van der Waals surface area contributed by atoms with E-state index in [9.17, 15) is 18.0 Å². The number of likely N-dealkylation sites (N-methyl/N-ethyl adjacent to an activating group) is 1. The van der Waals surface area contributed by atoms with Gasteiger partial charge in [-0.1, -0.05) is 18.0 Å². The summed E-state index contributed by atoms with van der Waals surface area (Å²) >= 11 is 0. The third-order valence-corrected chi connectivity index (χ3v) is 4.36. The number of carboxylic acids is 1. The number of rotatable bonds is 6. The van der Waals surface area contributed by atoms with Gasteiger partial charge in [0.15, 0.2) is 0 Å². The molecule has 0 saturated carbocycles. The van der Waals surface area contributed by atoms with Crippen LogP contribution in [0.4, 0.5) is 13.2 Å². The fourth-order valence-electron chi connectivity index (χ4n) is 2.84. The Morgan fingerprint density at radius 3 is 2.25 bits per heavy atom. The summed E-state index contributed by atoms with van der Waals surface area (Å²) in [6, 6.07) is 1.83. The lowest BCUT2D eigenvalue weighted by Crippen LogP contribution is -2.39. The summed E-state index contributed by atoms with van der Waals surface area (Å²) in [5, 5.41) is 11.0. The number of hydrogen-bond acceptors (Lipinski definition) is 5. The SMILES string of the molecule is CCN(CCN1CCCCCC1)C(=O)Cc1cc(C)no1.O=C(O)C(F)(F)F. The Kier molecular flexibility index (Phi) is 9.98. The molecule has 28 heavy (non-hydrogen) atoms. The van der Waals surface area contributed by atoms with E-state index in [2.05, 4.69) is 10.1 Å². The van der Waals surface area contributed by atoms with Crippen molar-refractivity contribution in [3.8, 4) is 0 Å². The monoisotopic (exact) mass is 407 g/mol. The number of carbonyl (C=O) groups is 2. The molecule has 160 valence electrons. The van der Waals surface area contributed by atoms with Crippen molar-refractivity contribution >= 4 is 11.9 Å². The Morgan fingerprint density at radius 1 is 1.25 bits per heavy atom. The minimum absolute atomic E-state index is 0.128. The summed E-state index contributed by atoms with van der Waals surface area (Å²) < 4.78 is 36.9. The number of likely N-dealkylation sites (tertiary alicyclic amines) is 1. The smallest absolute Gasteiger partial charge is 0.475 e. The standard InChI is InChI=1S/C16H27N3O2.C2HF3O2/c1-3-19(11-10-18-8-6-4-5-7-9-18)16(20)13-15-12-14(2)17-21-15;3-2(4,5)1(6)7/h12H,3-11,13H2,1-2H3;(H,6,7). The molecule has 1 aromatic rings. The van der Waals surface area contributed by atoms with Crippen molar-refractivity contribution < 1.29 is 32.4 Å². The lowest BCUT2D eigenvalue weighted by molar-refractivity contribution is -0.192. The number of carboxylic acid groups (broad SMARTS) is 1. The number of hydrogen-bond donors (Lipinski definition) is 1. The number of amides is 1. The fourth-order valence-corrected chi connectivity index (χ4v) is 2.84. The number of nitrogens with zero attached hydrogens (tertiary/aromatic N) is 3. The van der Waals surface area contributed by atoms with Crippen LogP contribution in [0.5, 0.6) is 0 Å². The van der Waals surface area contributed by atoms with Gasteiger partial charge in [0.1, 0.15) is 5.76 Å². The van der Waals surface area contributed by atoms with E-state index in [0.29, 0.717) is 12.2 Å². The van der Waals surface area contributed by atoms with Gasteiger partial charge < -0.3 is 19.4 Å². The van der Waals surface area contributed by atoms with E-state index in [1.54, 1.807) is 0 Å². The third-order valence-electron chi connectivity index (χ3n) is 4.36. The van der Waals surface area contributed by atoms with Crippen molar-refractivity contribution in [3.05, 3.63) is 17.5 Å². The van der Waals surface area contributed by atoms with Gasteiger partial charge in [-0.3, -0.25) is 4.79 Å². The zero-order chi connectivity index (χ0) is 21.2. The van der Waals surface area contributed by atoms with Crippen LogP contribution in [0.2, 0.25) is 0 Å². The lowest BCUT2D eigenvalue weighted by Gasteiger charge is -2.26. The van der Waals surface area contributed by atoms with E-state index in [4.69, 9.17) is 14.4 Å². The first kappa shape index (κ1) is 23.9. The van der Waals surface area contributed by atoms with Crippen LogP contribution in [0.3, 0.4) is 0 Å². The van der Waals surface area contributed by atoms with Gasteiger partial charge in [-0.15, -0.1) is 0 Å². The zero-order valence-corrected chi connectivity index (χ0v) is 16.3. The number of aliphatic carboxylic acids is 1. The molecule has 0 atom stereocenters. The highest BCUT2D eigenvalue weighted by Gasteiger charge is 2.38. The van der Waals surface area contributed by atoms with Gasteiger partial charge in [0, 0.05) is 25.7 Å². The highest BCUT2D eigenvalue weighted by atomic mass is 19.4. The van der Waals surface area contributed by atoms with Crippen LogP contribution >= 0.6 is 0 Å². The Hall–Kier alpha value is -2.10. The molecule has 0 aromatic carbocycles. The van der Waals surface area contributed by atoms with Crippen molar-refractivity contribution in [2.75, 3.05) is 32.7 Å². The quantitative estimate of drug-likeness (QED) is 0.780. The molecule has 0 spiro atoms. The van der Waals surface area contributed by atoms with Gasteiger partial charge in [0.2, 0.25) is 5.91 Å². The van der Waals surface area contributed by atoms with E-state index in [0.717, 1.165) is 25.3 Å². The van der Waals surface area contributed by atoms with E-state index in [1.165, 1.54) is 38.8 Å². The predicted molar refractivity (Wildman–Crippen MR) is 95.8 cm³/mol. The van der Waals surface area contributed by atoms with Gasteiger partial charge >= 0.3 is 12.1 Å². The van der Waals surface area contributed by atoms with E-state index < -0.39 is 12.1 Å². The first-order chi connectivity index (χ1) is 13.1. The Balaban J connectivity index is 0.000000480. The first-order valence-electron chi connectivity index (χ1n) is 9.36. The Bertz CT molecular complexity index is 611. The van der Waals surface area contributed by atoms with E-state index >= 15 is 0 Å². The largest absolute Gasteiger partial charge is 0.490 e. The van der Waals surface area contributed by atoms with Crippen LogP contribution < -0.4 is 0 Å². The van der Waals surface area contributed by atoms with Crippen LogP contribution in [0, 0.1) is 6.92 Å². The molecular formula is C18H28F3N3O4. The van der Waals surface area contributed by atoms with Crippen LogP contribution in [0.1, 0.15) is 44.1 Å². The molecule has 0 bridgehead atoms. The normalized spacial score (nSPS) is 15.3. The molecule has 1 saturated heterocycles. The van der Waals surface area contributed by atoms with Crippen LogP contribution in [-0.2, 0) is 16.0 Å². The predicted octanol–water partition coefficient (Wildman–Crippen LogP) is 2.88. The van der Waals surface area contributed by atoms with Gasteiger partial charge in [-0.2, -0.15) is 13.2 Å². The number of halogens is 3. The Morgan fingerprint density at radius 2 is 1.82 bits per heavy atom. The van der Waals surface area contributed by atoms with Crippen molar-refractivity contribution in [1.82, 2.24) is 15.0 Å². The van der Waals surface area contributed by atoms with Crippen LogP contribution in [-0.4, -0.2) is 70.8 Å². The highest BCUT2D eigenvalue weighted by Crippen LogP contribution is 2.13. The maximum atomic E-state index is 12.3. The molecule has 1 amide bonds. The minimum Gasteiger partial charge on any atom is -0.475 e. The van der Waals surface area contributed by atoms with Gasteiger partial charge in [0.25, 0.3) is 0 Å². The van der Waals surface area contributed by atoms with E-state index in [1.807, 2.05) is 24.8 Å². The van der Waals surface area contributed by atoms with Gasteiger partial charge in [-0.05, 0) is 39.8 Å². The fraction of sp³-hybridized carbons (Fsp3) is 0.722. The van der Waals surface area contributed by atoms with Crippen molar-refractivity contribution in [2.24, 2.45) is 0 Å². The summed E-state index contributed by atoms with van der Waals surface area (Å²) in [7, 11) is 0. The van der Waals surface area contributed by atoms with Gasteiger partial charge in [0.05, 0.1) is 12.1 Å². The Labute approximate surface area is 162 Å². The summed E-state index contributed by atoms with van der Waals surface area (Å²) in [4.78, 5) is 25.6. The van der Waals surface area contributed by atoms with Crippen molar-refractivity contribution in [2.45, 2.75) is 52.1 Å². The van der Waals surface area contributed by atoms with E-state index in [-0.39, 0.29) is 5.91 Å². The molecule has 0 unspecified atom stereocenters. The zero-order valence-electron chi connectivity index (χ0n) is 16.3. The van der Waals surface area contributed by atoms with Crippen molar-refractivity contribution in [1.29, 1.82) is 0 Å².